The van der Waals surface area contributed by atoms with Gasteiger partial charge in [-0.1, -0.05) is 0 Å². The van der Waals surface area contributed by atoms with Crippen molar-refractivity contribution < 1.29 is 34.2 Å². The molecule has 5 atom stereocenters. The van der Waals surface area contributed by atoms with Crippen molar-refractivity contribution in [3.63, 3.8) is 0 Å². The summed E-state index contributed by atoms with van der Waals surface area (Å²) in [7, 11) is 0. The highest BCUT2D eigenvalue weighted by atomic mass is 32.2. The number of hydrogen-bond donors (Lipinski definition) is 8. The molecule has 0 aliphatic heterocycles. The Hall–Kier alpha value is -3.17. The molecule has 1 rings (SSSR count). The molecular formula is C20H33N7O7S. The minimum Gasteiger partial charge on any atom is -0.480 e. The molecule has 0 saturated carbocycles. The Balaban J connectivity index is 2.98. The van der Waals surface area contributed by atoms with Crippen LogP contribution in [0.1, 0.15) is 31.9 Å². The lowest BCUT2D eigenvalue weighted by Crippen LogP contribution is -2.60. The maximum absolute atomic E-state index is 13.0. The number of nitrogens with zero attached hydrogens (tertiary/aromatic N) is 1. The van der Waals surface area contributed by atoms with Crippen molar-refractivity contribution in [2.45, 2.75) is 62.9 Å². The van der Waals surface area contributed by atoms with Gasteiger partial charge in [0.1, 0.15) is 18.1 Å². The fourth-order valence-corrected chi connectivity index (χ4v) is 3.42. The van der Waals surface area contributed by atoms with Crippen LogP contribution in [0.15, 0.2) is 12.5 Å². The van der Waals surface area contributed by atoms with Crippen LogP contribution in [-0.4, -0.2) is 92.1 Å². The molecular weight excluding hydrogens is 482 g/mol. The predicted octanol–water partition coefficient (Wildman–Crippen LogP) is -2.78. The van der Waals surface area contributed by atoms with Crippen molar-refractivity contribution >= 4 is 41.4 Å². The van der Waals surface area contributed by atoms with E-state index in [1.54, 1.807) is 6.26 Å². The number of carbonyl (C=O) groups is 5. The Morgan fingerprint density at radius 2 is 1.74 bits per heavy atom. The van der Waals surface area contributed by atoms with E-state index in [2.05, 4.69) is 25.9 Å². The molecule has 15 heteroatoms. The number of aliphatic carboxylic acids is 1. The van der Waals surface area contributed by atoms with E-state index in [4.69, 9.17) is 11.5 Å². The van der Waals surface area contributed by atoms with E-state index in [1.807, 2.05) is 0 Å². The number of primary amides is 1. The van der Waals surface area contributed by atoms with Crippen molar-refractivity contribution in [3.8, 4) is 0 Å². The minimum atomic E-state index is -1.50. The second-order valence-corrected chi connectivity index (χ2v) is 8.85. The van der Waals surface area contributed by atoms with Crippen LogP contribution in [0.5, 0.6) is 0 Å². The lowest BCUT2D eigenvalue weighted by Gasteiger charge is -2.26. The number of amides is 4. The molecule has 5 unspecified atom stereocenters. The Morgan fingerprint density at radius 1 is 1.09 bits per heavy atom. The number of nitrogens with one attached hydrogen (secondary N) is 4. The van der Waals surface area contributed by atoms with Gasteiger partial charge in [0.15, 0.2) is 0 Å². The highest BCUT2D eigenvalue weighted by molar-refractivity contribution is 7.98. The number of aromatic amines is 1. The van der Waals surface area contributed by atoms with Gasteiger partial charge in [-0.05, 0) is 31.8 Å². The Labute approximate surface area is 206 Å². The number of aliphatic hydroxyl groups excluding tert-OH is 1. The second-order valence-electron chi connectivity index (χ2n) is 7.86. The molecule has 0 bridgehead atoms. The van der Waals surface area contributed by atoms with E-state index >= 15 is 0 Å². The molecule has 35 heavy (non-hydrogen) atoms. The molecule has 4 amide bonds. The number of aromatic nitrogens is 2. The number of imidazole rings is 1. The zero-order chi connectivity index (χ0) is 26.5. The smallest absolute Gasteiger partial charge is 0.326 e. The average molecular weight is 516 g/mol. The largest absolute Gasteiger partial charge is 0.480 e. The fraction of sp³-hybridized carbons (Fsp3) is 0.600. The van der Waals surface area contributed by atoms with Crippen molar-refractivity contribution in [2.75, 3.05) is 12.0 Å². The second kappa shape index (κ2) is 15.0. The summed E-state index contributed by atoms with van der Waals surface area (Å²) in [5.74, 6) is -3.87. The highest BCUT2D eigenvalue weighted by Crippen LogP contribution is 2.05. The van der Waals surface area contributed by atoms with Gasteiger partial charge in [0.2, 0.25) is 23.6 Å². The number of hydrogen-bond acceptors (Lipinski definition) is 9. The number of carbonyl (C=O) groups excluding carboxylic acids is 4. The Kier molecular flexibility index (Phi) is 12.8. The molecule has 0 radical (unpaired) electrons. The van der Waals surface area contributed by atoms with Gasteiger partial charge in [-0.2, -0.15) is 11.8 Å². The van der Waals surface area contributed by atoms with Crippen LogP contribution in [-0.2, 0) is 30.4 Å². The number of rotatable bonds is 16. The molecule has 0 fully saturated rings. The van der Waals surface area contributed by atoms with Crippen LogP contribution in [0.3, 0.4) is 0 Å². The Morgan fingerprint density at radius 3 is 2.26 bits per heavy atom. The molecule has 196 valence electrons. The maximum Gasteiger partial charge on any atom is 0.326 e. The van der Waals surface area contributed by atoms with Gasteiger partial charge >= 0.3 is 5.97 Å². The first kappa shape index (κ1) is 29.9. The van der Waals surface area contributed by atoms with Crippen LogP contribution in [0.4, 0.5) is 0 Å². The van der Waals surface area contributed by atoms with Crippen LogP contribution >= 0.6 is 11.8 Å². The lowest BCUT2D eigenvalue weighted by atomic mass is 10.1. The molecule has 0 aromatic carbocycles. The van der Waals surface area contributed by atoms with E-state index < -0.39 is 59.9 Å². The van der Waals surface area contributed by atoms with E-state index in [-0.39, 0.29) is 25.7 Å². The summed E-state index contributed by atoms with van der Waals surface area (Å²) < 4.78 is 0. The SMILES string of the molecule is CSCCC(NC(=O)C(NC(=O)C(Cc1cnc[nH]1)NC(=O)C(N)CCC(N)=O)C(C)O)C(=O)O. The third-order valence-electron chi connectivity index (χ3n) is 4.94. The summed E-state index contributed by atoms with van der Waals surface area (Å²) in [4.78, 5) is 67.2. The molecule has 0 aliphatic carbocycles. The summed E-state index contributed by atoms with van der Waals surface area (Å²) in [6.45, 7) is 1.25. The number of nitrogens with two attached hydrogens (primary N) is 2. The standard InChI is InChI=1S/C20H33N7O7S/c1-10(28)16(19(32)25-13(20(33)34)5-6-35-2)27-18(31)14(7-11-8-23-9-24-11)26-17(30)12(21)3-4-15(22)29/h8-10,12-14,16,28H,3-7,21H2,1-2H3,(H2,22,29)(H,23,24)(H,25,32)(H,26,30)(H,27,31)(H,33,34). The van der Waals surface area contributed by atoms with Crippen LogP contribution in [0.2, 0.25) is 0 Å². The van der Waals surface area contributed by atoms with Gasteiger partial charge in [-0.15, -0.1) is 0 Å². The third kappa shape index (κ3) is 10.7. The molecule has 0 saturated heterocycles. The zero-order valence-corrected chi connectivity index (χ0v) is 20.3. The van der Waals surface area contributed by atoms with Gasteiger partial charge < -0.3 is 42.6 Å². The monoisotopic (exact) mass is 515 g/mol. The van der Waals surface area contributed by atoms with E-state index in [9.17, 15) is 34.2 Å². The predicted molar refractivity (Wildman–Crippen MR) is 127 cm³/mol. The molecule has 10 N–H and O–H groups in total. The molecule has 14 nitrogen and oxygen atoms in total. The maximum atomic E-state index is 13.0. The number of H-pyrrole nitrogens is 1. The topological polar surface area (TPSA) is 243 Å². The zero-order valence-electron chi connectivity index (χ0n) is 19.5. The summed E-state index contributed by atoms with van der Waals surface area (Å²) >= 11 is 1.40. The van der Waals surface area contributed by atoms with Gasteiger partial charge in [0, 0.05) is 24.7 Å². The number of carboxylic acid groups (broad SMARTS) is 1. The molecule has 0 spiro atoms. The summed E-state index contributed by atoms with van der Waals surface area (Å²) in [6.07, 6.45) is 3.13. The van der Waals surface area contributed by atoms with Crippen LogP contribution < -0.4 is 27.4 Å². The van der Waals surface area contributed by atoms with Gasteiger partial charge in [-0.3, -0.25) is 19.2 Å². The molecule has 1 heterocycles. The first-order valence-corrected chi connectivity index (χ1v) is 12.2. The van der Waals surface area contributed by atoms with Crippen molar-refractivity contribution in [1.29, 1.82) is 0 Å². The molecule has 1 aromatic rings. The van der Waals surface area contributed by atoms with Crippen LogP contribution in [0, 0.1) is 0 Å². The van der Waals surface area contributed by atoms with Crippen molar-refractivity contribution in [1.82, 2.24) is 25.9 Å². The highest BCUT2D eigenvalue weighted by Gasteiger charge is 2.33. The van der Waals surface area contributed by atoms with Gasteiger partial charge in [-0.25, -0.2) is 9.78 Å². The van der Waals surface area contributed by atoms with E-state index in [1.165, 1.54) is 31.2 Å². The number of thioether (sulfide) groups is 1. The normalized spacial score (nSPS) is 15.2. The molecule has 1 aromatic heterocycles. The number of aliphatic hydroxyl groups is 1. The minimum absolute atomic E-state index is 0.0368. The summed E-state index contributed by atoms with van der Waals surface area (Å²) in [5.41, 5.74) is 11.3. The fourth-order valence-electron chi connectivity index (χ4n) is 2.95. The van der Waals surface area contributed by atoms with Crippen molar-refractivity contribution in [2.24, 2.45) is 11.5 Å². The molecule has 0 aliphatic rings. The first-order valence-electron chi connectivity index (χ1n) is 10.8. The van der Waals surface area contributed by atoms with E-state index in [0.717, 1.165) is 0 Å². The third-order valence-corrected chi connectivity index (χ3v) is 5.58. The van der Waals surface area contributed by atoms with Crippen molar-refractivity contribution in [3.05, 3.63) is 18.2 Å². The summed E-state index contributed by atoms with van der Waals surface area (Å²) in [5, 5.41) is 26.6. The van der Waals surface area contributed by atoms with Crippen LogP contribution in [0.25, 0.3) is 0 Å². The Bertz CT molecular complexity index is 866. The first-order chi connectivity index (χ1) is 16.5. The van der Waals surface area contributed by atoms with E-state index in [0.29, 0.717) is 11.4 Å². The van der Waals surface area contributed by atoms with Gasteiger partial charge in [0.05, 0.1) is 18.5 Å². The van der Waals surface area contributed by atoms with Gasteiger partial charge in [0.25, 0.3) is 0 Å². The lowest BCUT2D eigenvalue weighted by molar-refractivity contribution is -0.143. The summed E-state index contributed by atoms with van der Waals surface area (Å²) in [6, 6.07) is -5.06. The number of carboxylic acids is 1. The average Bonchev–Trinajstić information content (AvgIpc) is 3.30. The quantitative estimate of drug-likeness (QED) is 0.112.